The van der Waals surface area contributed by atoms with Gasteiger partial charge in [-0.2, -0.15) is 0 Å². The van der Waals surface area contributed by atoms with Crippen molar-refractivity contribution >= 4 is 5.69 Å². The summed E-state index contributed by atoms with van der Waals surface area (Å²) in [5, 5.41) is 0. The standard InChI is InChI=1S/C10H14NO/c1-8(2)9-5-4-6-10(7-9)11(3)12/h4-8H,1-3H3/q+1. The van der Waals surface area contributed by atoms with Gasteiger partial charge in [0, 0.05) is 21.8 Å². The van der Waals surface area contributed by atoms with Gasteiger partial charge < -0.3 is 0 Å². The average Bonchev–Trinajstić information content (AvgIpc) is 2.04. The third-order valence-corrected chi connectivity index (χ3v) is 1.90. The van der Waals surface area contributed by atoms with Crippen LogP contribution in [0, 0.1) is 4.91 Å². The van der Waals surface area contributed by atoms with Crippen molar-refractivity contribution in [1.82, 2.24) is 0 Å². The van der Waals surface area contributed by atoms with Crippen LogP contribution in [-0.4, -0.2) is 11.8 Å². The van der Waals surface area contributed by atoms with E-state index < -0.39 is 0 Å². The Labute approximate surface area is 72.8 Å². The van der Waals surface area contributed by atoms with Gasteiger partial charge >= 0.3 is 0 Å². The lowest BCUT2D eigenvalue weighted by molar-refractivity contribution is -0.428. The predicted molar refractivity (Wildman–Crippen MR) is 49.7 cm³/mol. The van der Waals surface area contributed by atoms with Crippen molar-refractivity contribution in [2.24, 2.45) is 0 Å². The van der Waals surface area contributed by atoms with Crippen LogP contribution < -0.4 is 0 Å². The molecule has 0 saturated heterocycles. The predicted octanol–water partition coefficient (Wildman–Crippen LogP) is 2.85. The third-order valence-electron chi connectivity index (χ3n) is 1.90. The highest BCUT2D eigenvalue weighted by Gasteiger charge is 2.07. The lowest BCUT2D eigenvalue weighted by Gasteiger charge is -2.02. The normalized spacial score (nSPS) is 10.3. The van der Waals surface area contributed by atoms with Gasteiger partial charge in [0.2, 0.25) is 0 Å². The van der Waals surface area contributed by atoms with Crippen LogP contribution in [-0.2, 0) is 0 Å². The summed E-state index contributed by atoms with van der Waals surface area (Å²) in [5.41, 5.74) is 1.93. The molecule has 0 aliphatic carbocycles. The summed E-state index contributed by atoms with van der Waals surface area (Å²) in [6.45, 7) is 4.23. The lowest BCUT2D eigenvalue weighted by atomic mass is 10.0. The van der Waals surface area contributed by atoms with E-state index >= 15 is 0 Å². The van der Waals surface area contributed by atoms with Crippen molar-refractivity contribution in [2.45, 2.75) is 19.8 Å². The Morgan fingerprint density at radius 2 is 2.00 bits per heavy atom. The minimum absolute atomic E-state index is 0.477. The summed E-state index contributed by atoms with van der Waals surface area (Å²) in [4.78, 5) is 10.9. The number of rotatable bonds is 2. The molecule has 2 nitrogen and oxygen atoms in total. The zero-order valence-corrected chi connectivity index (χ0v) is 7.74. The van der Waals surface area contributed by atoms with Crippen molar-refractivity contribution in [1.29, 1.82) is 0 Å². The largest absolute Gasteiger partial charge is 0.255 e. The molecule has 0 aliphatic rings. The molecular formula is C10H14NO+. The van der Waals surface area contributed by atoms with Gasteiger partial charge in [0.25, 0.3) is 5.69 Å². The van der Waals surface area contributed by atoms with E-state index in [1.54, 1.807) is 0 Å². The Balaban J connectivity index is 3.04. The molecule has 1 rings (SSSR count). The molecular weight excluding hydrogens is 150 g/mol. The maximum Gasteiger partial charge on any atom is 0.255 e. The molecule has 64 valence electrons. The Morgan fingerprint density at radius 3 is 2.50 bits per heavy atom. The molecule has 0 atom stereocenters. The van der Waals surface area contributed by atoms with Crippen LogP contribution in [0.2, 0.25) is 0 Å². The second-order valence-electron chi connectivity index (χ2n) is 3.25. The number of hydrogen-bond acceptors (Lipinski definition) is 1. The van der Waals surface area contributed by atoms with E-state index in [2.05, 4.69) is 13.8 Å². The molecule has 1 aromatic carbocycles. The van der Waals surface area contributed by atoms with Crippen LogP contribution in [0.5, 0.6) is 0 Å². The van der Waals surface area contributed by atoms with Crippen molar-refractivity contribution in [3.63, 3.8) is 0 Å². The zero-order valence-electron chi connectivity index (χ0n) is 7.74. The minimum Gasteiger partial charge on any atom is -0.0587 e. The molecule has 0 aliphatic heterocycles. The first kappa shape index (κ1) is 8.91. The lowest BCUT2D eigenvalue weighted by Crippen LogP contribution is -1.93. The fourth-order valence-corrected chi connectivity index (χ4v) is 1.08. The molecule has 0 amide bonds. The molecule has 0 bridgehead atoms. The molecule has 0 saturated carbocycles. The molecule has 0 N–H and O–H groups in total. The summed E-state index contributed by atoms with van der Waals surface area (Å²) in [6.07, 6.45) is 0. The molecule has 0 unspecified atom stereocenters. The van der Waals surface area contributed by atoms with Gasteiger partial charge in [-0.15, -0.1) is 0 Å². The van der Waals surface area contributed by atoms with E-state index in [9.17, 15) is 4.91 Å². The molecule has 1 aromatic rings. The van der Waals surface area contributed by atoms with Gasteiger partial charge in [0.05, 0.1) is 0 Å². The minimum atomic E-state index is 0.477. The van der Waals surface area contributed by atoms with Gasteiger partial charge in [-0.3, -0.25) is 0 Å². The highest BCUT2D eigenvalue weighted by molar-refractivity contribution is 5.35. The first-order valence-corrected chi connectivity index (χ1v) is 4.12. The molecule has 2 heteroatoms. The summed E-state index contributed by atoms with van der Waals surface area (Å²) < 4.78 is 0.881. The van der Waals surface area contributed by atoms with Gasteiger partial charge in [-0.1, -0.05) is 26.0 Å². The van der Waals surface area contributed by atoms with Crippen LogP contribution in [0.25, 0.3) is 0 Å². The average molecular weight is 164 g/mol. The first-order valence-electron chi connectivity index (χ1n) is 4.12. The van der Waals surface area contributed by atoms with Crippen LogP contribution in [0.4, 0.5) is 5.69 Å². The van der Waals surface area contributed by atoms with Gasteiger partial charge in [-0.05, 0) is 11.5 Å². The van der Waals surface area contributed by atoms with Crippen molar-refractivity contribution in [2.75, 3.05) is 7.05 Å². The fraction of sp³-hybridized carbons (Fsp3) is 0.400. The van der Waals surface area contributed by atoms with Gasteiger partial charge in [0.1, 0.15) is 0 Å². The number of benzene rings is 1. The first-order chi connectivity index (χ1) is 5.61. The SMILES string of the molecule is CC(C)c1cccc([N+](C)=O)c1. The van der Waals surface area contributed by atoms with Gasteiger partial charge in [-0.25, -0.2) is 0 Å². The van der Waals surface area contributed by atoms with Crippen molar-refractivity contribution in [3.8, 4) is 0 Å². The fourth-order valence-electron chi connectivity index (χ4n) is 1.08. The topological polar surface area (TPSA) is 20.1 Å². The second kappa shape index (κ2) is 3.48. The summed E-state index contributed by atoms with van der Waals surface area (Å²) in [6, 6.07) is 7.70. The van der Waals surface area contributed by atoms with E-state index in [0.717, 1.165) is 10.4 Å². The zero-order chi connectivity index (χ0) is 9.14. The molecule has 0 fully saturated rings. The van der Waals surface area contributed by atoms with Crippen molar-refractivity contribution < 1.29 is 4.76 Å². The van der Waals surface area contributed by atoms with E-state index in [0.29, 0.717) is 5.92 Å². The Bertz CT molecular complexity index is 292. The second-order valence-corrected chi connectivity index (χ2v) is 3.25. The highest BCUT2D eigenvalue weighted by Crippen LogP contribution is 2.19. The Morgan fingerprint density at radius 1 is 1.33 bits per heavy atom. The highest BCUT2D eigenvalue weighted by atomic mass is 16.3. The van der Waals surface area contributed by atoms with Crippen LogP contribution in [0.3, 0.4) is 0 Å². The maximum atomic E-state index is 10.9. The summed E-state index contributed by atoms with van der Waals surface area (Å²) in [5.74, 6) is 0.477. The molecule has 0 spiro atoms. The van der Waals surface area contributed by atoms with E-state index in [1.165, 1.54) is 12.6 Å². The molecule has 12 heavy (non-hydrogen) atoms. The Kier molecular flexibility index (Phi) is 2.58. The monoisotopic (exact) mass is 164 g/mol. The van der Waals surface area contributed by atoms with E-state index in [1.807, 2.05) is 24.3 Å². The van der Waals surface area contributed by atoms with Gasteiger partial charge in [0.15, 0.2) is 7.05 Å². The maximum absolute atomic E-state index is 10.9. The number of hydrogen-bond donors (Lipinski definition) is 0. The number of nitroso groups, excluding NO2 is 1. The summed E-state index contributed by atoms with van der Waals surface area (Å²) in [7, 11) is 1.51. The van der Waals surface area contributed by atoms with E-state index in [-0.39, 0.29) is 0 Å². The molecule has 0 heterocycles. The number of nitrogens with zero attached hydrogens (tertiary/aromatic N) is 1. The van der Waals surface area contributed by atoms with E-state index in [4.69, 9.17) is 0 Å². The molecule has 0 aromatic heterocycles. The molecule has 0 radical (unpaired) electrons. The summed E-state index contributed by atoms with van der Waals surface area (Å²) >= 11 is 0. The Hall–Kier alpha value is -1.18. The smallest absolute Gasteiger partial charge is 0.0587 e. The van der Waals surface area contributed by atoms with Crippen LogP contribution in [0.1, 0.15) is 25.3 Å². The quantitative estimate of drug-likeness (QED) is 0.615. The van der Waals surface area contributed by atoms with Crippen LogP contribution in [0.15, 0.2) is 24.3 Å². The van der Waals surface area contributed by atoms with Crippen LogP contribution >= 0.6 is 0 Å². The third kappa shape index (κ3) is 1.91. The van der Waals surface area contributed by atoms with Crippen molar-refractivity contribution in [3.05, 3.63) is 34.7 Å².